The third-order valence-corrected chi connectivity index (χ3v) is 4.29. The Bertz CT molecular complexity index is 728. The minimum absolute atomic E-state index is 0.148. The van der Waals surface area contributed by atoms with Crippen molar-refractivity contribution in [3.05, 3.63) is 47.2 Å². The van der Waals surface area contributed by atoms with E-state index in [0.717, 1.165) is 18.7 Å². The van der Waals surface area contributed by atoms with Gasteiger partial charge in [0.05, 0.1) is 25.9 Å². The van der Waals surface area contributed by atoms with Gasteiger partial charge in [-0.2, -0.15) is 0 Å². The van der Waals surface area contributed by atoms with E-state index >= 15 is 0 Å². The topological polar surface area (TPSA) is 93.1 Å². The largest absolute Gasteiger partial charge is 0.379 e. The van der Waals surface area contributed by atoms with Gasteiger partial charge >= 0.3 is 0 Å². The molecule has 8 heteroatoms. The van der Waals surface area contributed by atoms with Crippen LogP contribution in [0.2, 0.25) is 0 Å². The molecule has 0 saturated carbocycles. The van der Waals surface area contributed by atoms with Gasteiger partial charge in [0, 0.05) is 56.1 Å². The number of ether oxygens (including phenoxy) is 1. The number of amides is 1. The van der Waals surface area contributed by atoms with Crippen LogP contribution >= 0.6 is 0 Å². The quantitative estimate of drug-likeness (QED) is 0.821. The molecular weight excluding hydrogens is 322 g/mol. The molecule has 2 aromatic rings. The summed E-state index contributed by atoms with van der Waals surface area (Å²) in [4.78, 5) is 36.5. The number of nitrogens with zero attached hydrogens (tertiary/aromatic N) is 4. The summed E-state index contributed by atoms with van der Waals surface area (Å²) in [5.41, 5.74) is 0.568. The number of carbonyl (C=O) groups excluding carboxylic acids is 1. The average Bonchev–Trinajstić information content (AvgIpc) is 3.00. The molecule has 1 N–H and O–H groups in total. The van der Waals surface area contributed by atoms with Gasteiger partial charge in [0.25, 0.3) is 5.56 Å². The Morgan fingerprint density at radius 2 is 2.36 bits per heavy atom. The van der Waals surface area contributed by atoms with Gasteiger partial charge in [-0.3, -0.25) is 9.59 Å². The Hall–Kier alpha value is -2.48. The lowest BCUT2D eigenvalue weighted by atomic mass is 10.0. The van der Waals surface area contributed by atoms with Crippen molar-refractivity contribution in [2.75, 3.05) is 26.3 Å². The predicted molar refractivity (Wildman–Crippen MR) is 90.9 cm³/mol. The van der Waals surface area contributed by atoms with Crippen molar-refractivity contribution in [1.82, 2.24) is 24.4 Å². The lowest BCUT2D eigenvalue weighted by Gasteiger charge is -2.23. The standard InChI is InChI=1S/C17H23N5O3/c23-16-9-15(19-12-20-16)8-14-10-22(6-7-25-11-14)17(24)2-1-4-21-5-3-18-13-21/h3,5,9,12-14H,1-2,4,6-8,10-11H2,(H,19,20,23). The molecule has 1 aliphatic heterocycles. The number of imidazole rings is 1. The van der Waals surface area contributed by atoms with Crippen molar-refractivity contribution in [2.45, 2.75) is 25.8 Å². The van der Waals surface area contributed by atoms with Crippen LogP contribution in [0.1, 0.15) is 18.5 Å². The number of aryl methyl sites for hydroxylation is 1. The maximum absolute atomic E-state index is 12.5. The average molecular weight is 345 g/mol. The van der Waals surface area contributed by atoms with Crippen molar-refractivity contribution in [1.29, 1.82) is 0 Å². The number of aromatic amines is 1. The Morgan fingerprint density at radius 1 is 1.44 bits per heavy atom. The van der Waals surface area contributed by atoms with Crippen LogP contribution in [-0.4, -0.2) is 56.6 Å². The van der Waals surface area contributed by atoms with Gasteiger partial charge in [-0.15, -0.1) is 0 Å². The van der Waals surface area contributed by atoms with Crippen molar-refractivity contribution in [3.8, 4) is 0 Å². The van der Waals surface area contributed by atoms with E-state index in [4.69, 9.17) is 4.74 Å². The molecule has 1 atom stereocenters. The molecule has 0 radical (unpaired) electrons. The summed E-state index contributed by atoms with van der Waals surface area (Å²) >= 11 is 0. The molecule has 25 heavy (non-hydrogen) atoms. The minimum Gasteiger partial charge on any atom is -0.379 e. The zero-order valence-electron chi connectivity index (χ0n) is 14.1. The molecule has 3 rings (SSSR count). The summed E-state index contributed by atoms with van der Waals surface area (Å²) in [7, 11) is 0. The third kappa shape index (κ3) is 5.25. The van der Waals surface area contributed by atoms with Crippen LogP contribution in [0.5, 0.6) is 0 Å². The first-order valence-electron chi connectivity index (χ1n) is 8.55. The number of carbonyl (C=O) groups is 1. The molecule has 8 nitrogen and oxygen atoms in total. The van der Waals surface area contributed by atoms with E-state index in [1.807, 2.05) is 15.7 Å². The van der Waals surface area contributed by atoms with Crippen LogP contribution < -0.4 is 5.56 Å². The third-order valence-electron chi connectivity index (χ3n) is 4.29. The highest BCUT2D eigenvalue weighted by Gasteiger charge is 2.22. The molecule has 0 spiro atoms. The number of aromatic nitrogens is 4. The van der Waals surface area contributed by atoms with Crippen molar-refractivity contribution >= 4 is 5.91 Å². The molecular formula is C17H23N5O3. The second kappa shape index (κ2) is 8.57. The van der Waals surface area contributed by atoms with Crippen LogP contribution in [0.4, 0.5) is 0 Å². The van der Waals surface area contributed by atoms with E-state index < -0.39 is 0 Å². The summed E-state index contributed by atoms with van der Waals surface area (Å²) in [5, 5.41) is 0. The van der Waals surface area contributed by atoms with Crippen molar-refractivity contribution in [2.24, 2.45) is 5.92 Å². The van der Waals surface area contributed by atoms with Crippen LogP contribution in [0, 0.1) is 5.92 Å². The highest BCUT2D eigenvalue weighted by Crippen LogP contribution is 2.13. The normalized spacial score (nSPS) is 18.1. The summed E-state index contributed by atoms with van der Waals surface area (Å²) < 4.78 is 7.61. The van der Waals surface area contributed by atoms with Gasteiger partial charge in [-0.1, -0.05) is 0 Å². The Morgan fingerprint density at radius 3 is 3.16 bits per heavy atom. The predicted octanol–water partition coefficient (Wildman–Crippen LogP) is 0.464. The summed E-state index contributed by atoms with van der Waals surface area (Å²) in [6.07, 6.45) is 8.73. The maximum atomic E-state index is 12.5. The fourth-order valence-corrected chi connectivity index (χ4v) is 3.04. The molecule has 134 valence electrons. The Balaban J connectivity index is 1.51. The molecule has 0 bridgehead atoms. The summed E-state index contributed by atoms with van der Waals surface area (Å²) in [6.45, 7) is 3.16. The van der Waals surface area contributed by atoms with Gasteiger partial charge < -0.3 is 19.2 Å². The molecule has 3 heterocycles. The number of H-pyrrole nitrogens is 1. The lowest BCUT2D eigenvalue weighted by molar-refractivity contribution is -0.131. The summed E-state index contributed by atoms with van der Waals surface area (Å²) in [6, 6.07) is 1.50. The zero-order chi connectivity index (χ0) is 17.5. The molecule has 1 aliphatic rings. The molecule has 0 aliphatic carbocycles. The highest BCUT2D eigenvalue weighted by atomic mass is 16.5. The van der Waals surface area contributed by atoms with E-state index in [1.165, 1.54) is 12.4 Å². The van der Waals surface area contributed by atoms with E-state index in [0.29, 0.717) is 39.1 Å². The summed E-state index contributed by atoms with van der Waals surface area (Å²) in [5.74, 6) is 0.295. The van der Waals surface area contributed by atoms with Gasteiger partial charge in [0.1, 0.15) is 0 Å². The molecule has 1 fully saturated rings. The van der Waals surface area contributed by atoms with Crippen molar-refractivity contribution < 1.29 is 9.53 Å². The van der Waals surface area contributed by atoms with Crippen LogP contribution in [-0.2, 0) is 22.5 Å². The minimum atomic E-state index is -0.160. The molecule has 1 saturated heterocycles. The Labute approximate surface area is 145 Å². The first-order valence-corrected chi connectivity index (χ1v) is 8.55. The highest BCUT2D eigenvalue weighted by molar-refractivity contribution is 5.76. The van der Waals surface area contributed by atoms with Gasteiger partial charge in [0.15, 0.2) is 0 Å². The number of hydrogen-bond donors (Lipinski definition) is 1. The van der Waals surface area contributed by atoms with E-state index in [2.05, 4.69) is 15.0 Å². The van der Waals surface area contributed by atoms with E-state index in [-0.39, 0.29) is 17.4 Å². The van der Waals surface area contributed by atoms with Crippen LogP contribution in [0.25, 0.3) is 0 Å². The maximum Gasteiger partial charge on any atom is 0.250 e. The van der Waals surface area contributed by atoms with Gasteiger partial charge in [0.2, 0.25) is 5.91 Å². The Kier molecular flexibility index (Phi) is 5.95. The SMILES string of the molecule is O=C(CCCn1ccnc1)N1CCOCC(Cc2cc(=O)[nH]cn2)C1. The van der Waals surface area contributed by atoms with Crippen LogP contribution in [0.3, 0.4) is 0 Å². The molecule has 0 aromatic carbocycles. The second-order valence-electron chi connectivity index (χ2n) is 6.29. The van der Waals surface area contributed by atoms with E-state index in [9.17, 15) is 9.59 Å². The molecule has 1 amide bonds. The number of nitrogens with one attached hydrogen (secondary N) is 1. The monoisotopic (exact) mass is 345 g/mol. The fourth-order valence-electron chi connectivity index (χ4n) is 3.04. The number of rotatable bonds is 6. The molecule has 2 aromatic heterocycles. The van der Waals surface area contributed by atoms with E-state index in [1.54, 1.807) is 12.5 Å². The van der Waals surface area contributed by atoms with Crippen LogP contribution in [0.15, 0.2) is 35.9 Å². The fraction of sp³-hybridized carbons (Fsp3) is 0.529. The second-order valence-corrected chi connectivity index (χ2v) is 6.29. The van der Waals surface area contributed by atoms with Gasteiger partial charge in [-0.05, 0) is 12.8 Å². The number of hydrogen-bond acceptors (Lipinski definition) is 5. The smallest absolute Gasteiger partial charge is 0.250 e. The van der Waals surface area contributed by atoms with Crippen molar-refractivity contribution in [3.63, 3.8) is 0 Å². The van der Waals surface area contributed by atoms with Gasteiger partial charge in [-0.25, -0.2) is 9.97 Å². The first-order chi connectivity index (χ1) is 12.2. The lowest BCUT2D eigenvalue weighted by Crippen LogP contribution is -2.36. The first kappa shape index (κ1) is 17.3. The zero-order valence-corrected chi connectivity index (χ0v) is 14.1. The molecule has 1 unspecified atom stereocenters.